The van der Waals surface area contributed by atoms with Gasteiger partial charge in [0.25, 0.3) is 0 Å². The highest BCUT2D eigenvalue weighted by atomic mass is 19.4. The van der Waals surface area contributed by atoms with Crippen molar-refractivity contribution in [2.45, 2.75) is 6.18 Å². The van der Waals surface area contributed by atoms with Crippen LogP contribution in [0.25, 0.3) is 115 Å². The highest BCUT2D eigenvalue weighted by Crippen LogP contribution is 2.44. The molecule has 0 aliphatic carbocycles. The van der Waals surface area contributed by atoms with Crippen LogP contribution >= 0.6 is 0 Å². The molecule has 0 radical (unpaired) electrons. The Balaban J connectivity index is 1.15. The quantitative estimate of drug-likeness (QED) is 0.158. The molecular formula is C58H35F3N2. The third kappa shape index (κ3) is 6.23. The lowest BCUT2D eigenvalue weighted by Crippen LogP contribution is -2.03. The fourth-order valence-corrected chi connectivity index (χ4v) is 9.48. The van der Waals surface area contributed by atoms with E-state index in [1.54, 1.807) is 12.1 Å². The SMILES string of the molecule is FC(F)(F)c1ccc(-c2ccc3c(c2)c2cc4c5ccc(-c6ccc7ccccc7c6)cc5c5ccccc5c4cc2n3-c2cc(-c3ccccc3)nc(-c3ccccc3)c2)cc1. The fraction of sp³-hybridized carbons (Fsp3) is 0.0172. The molecule has 0 N–H and O–H groups in total. The molecule has 0 spiro atoms. The Morgan fingerprint density at radius 1 is 0.317 bits per heavy atom. The summed E-state index contributed by atoms with van der Waals surface area (Å²) in [4.78, 5) is 5.20. The summed E-state index contributed by atoms with van der Waals surface area (Å²) in [5, 5.41) is 11.4. The molecule has 0 atom stereocenters. The van der Waals surface area contributed by atoms with Crippen molar-refractivity contribution in [1.29, 1.82) is 0 Å². The number of hydrogen-bond acceptors (Lipinski definition) is 1. The third-order valence-electron chi connectivity index (χ3n) is 12.6. The van der Waals surface area contributed by atoms with Gasteiger partial charge in [-0.05, 0) is 126 Å². The summed E-state index contributed by atoms with van der Waals surface area (Å²) in [5.41, 5.74) is 9.86. The summed E-state index contributed by atoms with van der Waals surface area (Å²) >= 11 is 0. The predicted molar refractivity (Wildman–Crippen MR) is 255 cm³/mol. The van der Waals surface area contributed by atoms with E-state index < -0.39 is 11.7 Å². The average molecular weight is 817 g/mol. The maximum atomic E-state index is 13.6. The molecule has 0 amide bonds. The Kier molecular flexibility index (Phi) is 8.35. The van der Waals surface area contributed by atoms with Gasteiger partial charge in [-0.3, -0.25) is 0 Å². The molecule has 2 aromatic heterocycles. The molecule has 298 valence electrons. The van der Waals surface area contributed by atoms with Crippen LogP contribution in [0.2, 0.25) is 0 Å². The summed E-state index contributed by atoms with van der Waals surface area (Å²) in [7, 11) is 0. The Morgan fingerprint density at radius 3 is 1.49 bits per heavy atom. The number of rotatable bonds is 5. The zero-order valence-electron chi connectivity index (χ0n) is 33.7. The molecule has 2 nitrogen and oxygen atoms in total. The van der Waals surface area contributed by atoms with Crippen LogP contribution in [-0.2, 0) is 6.18 Å². The van der Waals surface area contributed by atoms with Gasteiger partial charge in [0.1, 0.15) is 0 Å². The number of pyridine rings is 1. The molecule has 5 heteroatoms. The molecule has 0 fully saturated rings. The average Bonchev–Trinajstić information content (AvgIpc) is 3.66. The Bertz CT molecular complexity index is 3700. The van der Waals surface area contributed by atoms with Gasteiger partial charge in [0.15, 0.2) is 0 Å². The minimum Gasteiger partial charge on any atom is -0.309 e. The second kappa shape index (κ2) is 14.3. The van der Waals surface area contributed by atoms with Crippen molar-refractivity contribution >= 4 is 64.9 Å². The molecular weight excluding hydrogens is 782 g/mol. The summed E-state index contributed by atoms with van der Waals surface area (Å²) in [6.45, 7) is 0. The molecule has 0 unspecified atom stereocenters. The smallest absolute Gasteiger partial charge is 0.309 e. The first-order valence-electron chi connectivity index (χ1n) is 21.0. The van der Waals surface area contributed by atoms with Crippen LogP contribution < -0.4 is 0 Å². The van der Waals surface area contributed by atoms with Gasteiger partial charge >= 0.3 is 6.18 Å². The number of hydrogen-bond donors (Lipinski definition) is 0. The second-order valence-electron chi connectivity index (χ2n) is 16.3. The summed E-state index contributed by atoms with van der Waals surface area (Å²) in [5.74, 6) is 0. The van der Waals surface area contributed by atoms with E-state index in [-0.39, 0.29) is 0 Å². The van der Waals surface area contributed by atoms with Crippen LogP contribution in [0, 0.1) is 0 Å². The first-order valence-corrected chi connectivity index (χ1v) is 21.0. The molecule has 2 heterocycles. The van der Waals surface area contributed by atoms with Crippen molar-refractivity contribution in [1.82, 2.24) is 9.55 Å². The monoisotopic (exact) mass is 816 g/mol. The Morgan fingerprint density at radius 2 is 0.810 bits per heavy atom. The highest BCUT2D eigenvalue weighted by molar-refractivity contribution is 6.29. The van der Waals surface area contributed by atoms with Crippen LogP contribution in [-0.4, -0.2) is 9.55 Å². The van der Waals surface area contributed by atoms with Gasteiger partial charge in [-0.25, -0.2) is 4.98 Å². The number of alkyl halides is 3. The van der Waals surface area contributed by atoms with Gasteiger partial charge in [0.05, 0.1) is 33.7 Å². The zero-order chi connectivity index (χ0) is 42.2. The topological polar surface area (TPSA) is 17.8 Å². The van der Waals surface area contributed by atoms with E-state index in [9.17, 15) is 13.2 Å². The largest absolute Gasteiger partial charge is 0.416 e. The van der Waals surface area contributed by atoms with Crippen LogP contribution in [0.5, 0.6) is 0 Å². The lowest BCUT2D eigenvalue weighted by molar-refractivity contribution is -0.137. The molecule has 63 heavy (non-hydrogen) atoms. The minimum atomic E-state index is -4.41. The minimum absolute atomic E-state index is 0.667. The lowest BCUT2D eigenvalue weighted by Gasteiger charge is -2.15. The number of fused-ring (bicyclic) bond motifs is 10. The summed E-state index contributed by atoms with van der Waals surface area (Å²) < 4.78 is 43.2. The maximum absolute atomic E-state index is 13.6. The van der Waals surface area contributed by atoms with Gasteiger partial charge in [0.2, 0.25) is 0 Å². The van der Waals surface area contributed by atoms with Crippen LogP contribution in [0.1, 0.15) is 5.56 Å². The molecule has 12 aromatic rings. The summed E-state index contributed by atoms with van der Waals surface area (Å²) in [6.07, 6.45) is -4.41. The van der Waals surface area contributed by atoms with Crippen molar-refractivity contribution in [2.75, 3.05) is 0 Å². The molecule has 10 aromatic carbocycles. The number of halogens is 3. The number of benzene rings is 10. The maximum Gasteiger partial charge on any atom is 0.416 e. The van der Waals surface area contributed by atoms with Gasteiger partial charge in [-0.2, -0.15) is 13.2 Å². The predicted octanol–water partition coefficient (Wildman–Crippen LogP) is 16.5. The van der Waals surface area contributed by atoms with E-state index in [0.29, 0.717) is 5.56 Å². The van der Waals surface area contributed by atoms with E-state index >= 15 is 0 Å². The van der Waals surface area contributed by atoms with Gasteiger partial charge in [-0.15, -0.1) is 0 Å². The van der Waals surface area contributed by atoms with E-state index in [2.05, 4.69) is 150 Å². The normalized spacial score (nSPS) is 12.0. The summed E-state index contributed by atoms with van der Waals surface area (Å²) in [6, 6.07) is 71.7. The van der Waals surface area contributed by atoms with Crippen molar-refractivity contribution in [2.24, 2.45) is 0 Å². The lowest BCUT2D eigenvalue weighted by atomic mass is 9.90. The molecule has 0 saturated heterocycles. The zero-order valence-corrected chi connectivity index (χ0v) is 33.7. The van der Waals surface area contributed by atoms with Crippen molar-refractivity contribution < 1.29 is 13.2 Å². The first-order chi connectivity index (χ1) is 30.8. The van der Waals surface area contributed by atoms with Gasteiger partial charge in [-0.1, -0.05) is 152 Å². The van der Waals surface area contributed by atoms with E-state index in [0.717, 1.165) is 100 Å². The van der Waals surface area contributed by atoms with E-state index in [1.807, 2.05) is 42.5 Å². The molecule has 0 bridgehead atoms. The molecule has 12 rings (SSSR count). The molecule has 0 aliphatic rings. The number of nitrogens with zero attached hydrogens (tertiary/aromatic N) is 2. The van der Waals surface area contributed by atoms with Crippen molar-refractivity contribution in [3.8, 4) is 50.5 Å². The molecule has 0 aliphatic heterocycles. The first kappa shape index (κ1) is 36.8. The molecule has 0 saturated carbocycles. The second-order valence-corrected chi connectivity index (χ2v) is 16.3. The standard InChI is InChI=1S/C58H35F3N2/c59-58(60,61)44-25-21-37(22-26-44)42-24-28-56-52(31-42)53-34-50-48-27-23-43(41-20-19-36-11-7-8-16-40(36)29-41)30-49(48)46-17-9-10-18-47(46)51(50)35-57(53)63(56)45-32-54(38-12-3-1-4-13-38)62-55(33-45)39-14-5-2-6-15-39/h1-35H. The van der Waals surface area contributed by atoms with Crippen molar-refractivity contribution in [3.05, 3.63) is 218 Å². The van der Waals surface area contributed by atoms with Crippen LogP contribution in [0.3, 0.4) is 0 Å². The van der Waals surface area contributed by atoms with E-state index in [1.165, 1.54) is 21.5 Å². The third-order valence-corrected chi connectivity index (χ3v) is 12.6. The van der Waals surface area contributed by atoms with E-state index in [4.69, 9.17) is 4.98 Å². The Labute approximate surface area is 360 Å². The van der Waals surface area contributed by atoms with Crippen LogP contribution in [0.15, 0.2) is 212 Å². The van der Waals surface area contributed by atoms with Gasteiger partial charge < -0.3 is 4.57 Å². The van der Waals surface area contributed by atoms with Crippen LogP contribution in [0.4, 0.5) is 13.2 Å². The highest BCUT2D eigenvalue weighted by Gasteiger charge is 2.30. The number of aromatic nitrogens is 2. The van der Waals surface area contributed by atoms with Crippen molar-refractivity contribution in [3.63, 3.8) is 0 Å². The van der Waals surface area contributed by atoms with Gasteiger partial charge in [0, 0.05) is 21.9 Å². The Hall–Kier alpha value is -8.02. The fourth-order valence-electron chi connectivity index (χ4n) is 9.48.